The number of halogens is 1. The molecule has 7 nitrogen and oxygen atoms in total. The first-order chi connectivity index (χ1) is 17.6. The van der Waals surface area contributed by atoms with E-state index in [4.69, 9.17) is 14.4 Å². The standard InChI is InChI=1S/C29H38BFN4O3/c1-18(2)19-10-13-21(14-11-19)35-25(17-24(34-35)27(3,4)5)33-26(36)32-23-15-12-20(16-22(23)31)30-37-28(6,7)29(8,9)38-30/h10-18H,1-9H3,(H2,32,33,36). The van der Waals surface area contributed by atoms with Crippen LogP contribution in [-0.2, 0) is 14.7 Å². The average Bonchev–Trinajstić information content (AvgIpc) is 3.32. The number of amides is 2. The Morgan fingerprint density at radius 1 is 0.974 bits per heavy atom. The minimum atomic E-state index is -0.690. The van der Waals surface area contributed by atoms with Crippen LogP contribution in [-0.4, -0.2) is 34.1 Å². The minimum absolute atomic E-state index is 0.0474. The lowest BCUT2D eigenvalue weighted by atomic mass is 9.79. The Kier molecular flexibility index (Phi) is 7.23. The normalized spacial score (nSPS) is 16.7. The Bertz CT molecular complexity index is 1310. The second kappa shape index (κ2) is 9.86. The molecule has 0 bridgehead atoms. The van der Waals surface area contributed by atoms with Crippen molar-refractivity contribution in [3.05, 3.63) is 65.6 Å². The van der Waals surface area contributed by atoms with Crippen LogP contribution < -0.4 is 16.1 Å². The van der Waals surface area contributed by atoms with Crippen LogP contribution in [0.3, 0.4) is 0 Å². The van der Waals surface area contributed by atoms with E-state index in [1.807, 2.05) is 45.9 Å². The van der Waals surface area contributed by atoms with E-state index in [1.165, 1.54) is 17.7 Å². The number of benzene rings is 2. The summed E-state index contributed by atoms with van der Waals surface area (Å²) in [7, 11) is -0.690. The monoisotopic (exact) mass is 520 g/mol. The van der Waals surface area contributed by atoms with Crippen LogP contribution in [0.1, 0.15) is 79.5 Å². The highest BCUT2D eigenvalue weighted by atomic mass is 19.1. The molecule has 3 aromatic rings. The van der Waals surface area contributed by atoms with Gasteiger partial charge in [-0.25, -0.2) is 13.9 Å². The lowest BCUT2D eigenvalue weighted by Crippen LogP contribution is -2.41. The van der Waals surface area contributed by atoms with Crippen molar-refractivity contribution >= 4 is 30.1 Å². The fourth-order valence-electron chi connectivity index (χ4n) is 4.06. The summed E-state index contributed by atoms with van der Waals surface area (Å²) in [5.41, 5.74) is 2.14. The van der Waals surface area contributed by atoms with Gasteiger partial charge >= 0.3 is 13.1 Å². The quantitative estimate of drug-likeness (QED) is 0.383. The van der Waals surface area contributed by atoms with E-state index in [0.717, 1.165) is 11.4 Å². The Hall–Kier alpha value is -3.17. The molecule has 0 radical (unpaired) electrons. The second-order valence-electron chi connectivity index (χ2n) is 12.2. The smallest absolute Gasteiger partial charge is 0.399 e. The molecule has 2 aromatic carbocycles. The molecule has 0 atom stereocenters. The van der Waals surface area contributed by atoms with Gasteiger partial charge in [0.05, 0.1) is 28.3 Å². The maximum absolute atomic E-state index is 15.0. The van der Waals surface area contributed by atoms with Gasteiger partial charge in [0, 0.05) is 11.5 Å². The van der Waals surface area contributed by atoms with E-state index in [2.05, 4.69) is 57.4 Å². The number of nitrogens with one attached hydrogen (secondary N) is 2. The number of hydrogen-bond acceptors (Lipinski definition) is 4. The van der Waals surface area contributed by atoms with Crippen molar-refractivity contribution in [3.63, 3.8) is 0 Å². The van der Waals surface area contributed by atoms with Crippen molar-refractivity contribution < 1.29 is 18.5 Å². The zero-order valence-electron chi connectivity index (χ0n) is 23.8. The largest absolute Gasteiger partial charge is 0.494 e. The maximum Gasteiger partial charge on any atom is 0.494 e. The highest BCUT2D eigenvalue weighted by Gasteiger charge is 2.51. The van der Waals surface area contributed by atoms with Crippen molar-refractivity contribution in [1.82, 2.24) is 9.78 Å². The van der Waals surface area contributed by atoms with Crippen LogP contribution in [0.5, 0.6) is 0 Å². The molecule has 1 fully saturated rings. The van der Waals surface area contributed by atoms with Gasteiger partial charge in [-0.05, 0) is 68.9 Å². The first-order valence-corrected chi connectivity index (χ1v) is 13.0. The number of rotatable bonds is 5. The zero-order chi connectivity index (χ0) is 28.0. The third-order valence-electron chi connectivity index (χ3n) is 7.29. The average molecular weight is 520 g/mol. The number of anilines is 2. The molecule has 0 saturated carbocycles. The predicted octanol–water partition coefficient (Wildman–Crippen LogP) is 6.38. The van der Waals surface area contributed by atoms with Gasteiger partial charge in [-0.2, -0.15) is 5.10 Å². The number of carbonyl (C=O) groups excluding carboxylic acids is 1. The van der Waals surface area contributed by atoms with Gasteiger partial charge in [-0.15, -0.1) is 0 Å². The van der Waals surface area contributed by atoms with Crippen LogP contribution in [0.15, 0.2) is 48.5 Å². The fraction of sp³-hybridized carbons (Fsp3) is 0.448. The molecule has 1 aliphatic rings. The Morgan fingerprint density at radius 3 is 2.11 bits per heavy atom. The highest BCUT2D eigenvalue weighted by Crippen LogP contribution is 2.36. The lowest BCUT2D eigenvalue weighted by molar-refractivity contribution is 0.00578. The van der Waals surface area contributed by atoms with Gasteiger partial charge in [0.2, 0.25) is 0 Å². The lowest BCUT2D eigenvalue weighted by Gasteiger charge is -2.32. The topological polar surface area (TPSA) is 77.4 Å². The summed E-state index contributed by atoms with van der Waals surface area (Å²) >= 11 is 0. The van der Waals surface area contributed by atoms with Crippen molar-refractivity contribution in [2.24, 2.45) is 0 Å². The summed E-state index contributed by atoms with van der Waals surface area (Å²) in [4.78, 5) is 13.0. The molecule has 1 aliphatic heterocycles. The van der Waals surface area contributed by atoms with E-state index in [-0.39, 0.29) is 11.1 Å². The SMILES string of the molecule is CC(C)c1ccc(-n2nc(C(C)(C)C)cc2NC(=O)Nc2ccc(B3OC(C)(C)C(C)(C)O3)cc2F)cc1. The van der Waals surface area contributed by atoms with Gasteiger partial charge in [0.25, 0.3) is 0 Å². The van der Waals surface area contributed by atoms with Gasteiger partial charge in [0.15, 0.2) is 0 Å². The van der Waals surface area contributed by atoms with Crippen LogP contribution in [0.25, 0.3) is 5.69 Å². The van der Waals surface area contributed by atoms with Gasteiger partial charge in [-0.3, -0.25) is 5.32 Å². The molecule has 0 spiro atoms. The number of hydrogen-bond donors (Lipinski definition) is 2. The number of urea groups is 1. The van der Waals surface area contributed by atoms with Crippen LogP contribution in [0.2, 0.25) is 0 Å². The van der Waals surface area contributed by atoms with Gasteiger partial charge in [-0.1, -0.05) is 52.8 Å². The van der Waals surface area contributed by atoms with Crippen molar-refractivity contribution in [1.29, 1.82) is 0 Å². The minimum Gasteiger partial charge on any atom is -0.399 e. The Labute approximate surface area is 225 Å². The van der Waals surface area contributed by atoms with Gasteiger partial charge < -0.3 is 14.6 Å². The molecule has 9 heteroatoms. The second-order valence-corrected chi connectivity index (χ2v) is 12.2. The predicted molar refractivity (Wildman–Crippen MR) is 151 cm³/mol. The summed E-state index contributed by atoms with van der Waals surface area (Å²) < 4.78 is 28.7. The molecule has 2 amide bonds. The molecule has 38 heavy (non-hydrogen) atoms. The van der Waals surface area contributed by atoms with Crippen LogP contribution in [0, 0.1) is 5.82 Å². The van der Waals surface area contributed by atoms with E-state index in [9.17, 15) is 4.79 Å². The molecule has 0 aliphatic carbocycles. The molecule has 0 unspecified atom stereocenters. The highest BCUT2D eigenvalue weighted by molar-refractivity contribution is 6.62. The van der Waals surface area contributed by atoms with Crippen LogP contribution >= 0.6 is 0 Å². The maximum atomic E-state index is 15.0. The number of aromatic nitrogens is 2. The molecule has 2 N–H and O–H groups in total. The van der Waals surface area contributed by atoms with Crippen molar-refractivity contribution in [3.8, 4) is 5.69 Å². The van der Waals surface area contributed by atoms with Crippen LogP contribution in [0.4, 0.5) is 20.7 Å². The van der Waals surface area contributed by atoms with E-state index in [0.29, 0.717) is 17.2 Å². The third-order valence-corrected chi connectivity index (χ3v) is 7.29. The zero-order valence-corrected chi connectivity index (χ0v) is 23.8. The first-order valence-electron chi connectivity index (χ1n) is 13.0. The van der Waals surface area contributed by atoms with E-state index < -0.39 is 30.2 Å². The molecule has 1 saturated heterocycles. The number of nitrogens with zero attached hydrogens (tertiary/aromatic N) is 2. The first kappa shape index (κ1) is 27.9. The fourth-order valence-corrected chi connectivity index (χ4v) is 4.06. The molecule has 2 heterocycles. The van der Waals surface area contributed by atoms with Crippen molar-refractivity contribution in [2.75, 3.05) is 10.6 Å². The Morgan fingerprint density at radius 2 is 1.58 bits per heavy atom. The summed E-state index contributed by atoms with van der Waals surface area (Å²) in [6.07, 6.45) is 0. The van der Waals surface area contributed by atoms with Gasteiger partial charge in [0.1, 0.15) is 11.6 Å². The summed E-state index contributed by atoms with van der Waals surface area (Å²) in [5.74, 6) is 0.306. The van der Waals surface area contributed by atoms with E-state index >= 15 is 4.39 Å². The van der Waals surface area contributed by atoms with E-state index in [1.54, 1.807) is 10.7 Å². The molecule has 4 rings (SSSR count). The summed E-state index contributed by atoms with van der Waals surface area (Å²) in [6, 6.07) is 13.9. The molecular formula is C29H38BFN4O3. The molecule has 1 aromatic heterocycles. The molecule has 202 valence electrons. The van der Waals surface area contributed by atoms with Crippen molar-refractivity contribution in [2.45, 2.75) is 84.8 Å². The molecular weight excluding hydrogens is 482 g/mol. The summed E-state index contributed by atoms with van der Waals surface area (Å²) in [6.45, 7) is 18.2. The Balaban J connectivity index is 1.53. The summed E-state index contributed by atoms with van der Waals surface area (Å²) in [5, 5.41) is 10.2. The number of carbonyl (C=O) groups is 1. The third kappa shape index (κ3) is 5.64.